The van der Waals surface area contributed by atoms with Gasteiger partial charge in [-0.1, -0.05) is 18.2 Å². The van der Waals surface area contributed by atoms with Crippen molar-refractivity contribution in [3.8, 4) is 11.1 Å². The molecule has 2 heterocycles. The number of amides is 2. The third kappa shape index (κ3) is 5.28. The number of aromatic nitrogens is 1. The van der Waals surface area contributed by atoms with Crippen molar-refractivity contribution in [2.75, 3.05) is 26.7 Å². The molecule has 1 aromatic carbocycles. The van der Waals surface area contributed by atoms with E-state index in [2.05, 4.69) is 10.3 Å². The Hall–Kier alpha value is -3.10. The number of piperidine rings is 1. The molecule has 1 fully saturated rings. The van der Waals surface area contributed by atoms with Crippen LogP contribution in [0.2, 0.25) is 0 Å². The zero-order chi connectivity index (χ0) is 21.7. The summed E-state index contributed by atoms with van der Waals surface area (Å²) in [6.07, 6.45) is -1.79. The number of carbonyl (C=O) groups excluding carboxylic acids is 2. The molecule has 0 radical (unpaired) electrons. The number of likely N-dealkylation sites (N-methyl/N-ethyl adjacent to an activating group) is 1. The maximum Gasteiger partial charge on any atom is 0.416 e. The van der Waals surface area contributed by atoms with Crippen LogP contribution in [0.1, 0.15) is 30.0 Å². The second-order valence-corrected chi connectivity index (χ2v) is 7.04. The number of alkyl halides is 3. The summed E-state index contributed by atoms with van der Waals surface area (Å²) in [6, 6.07) is 8.70. The molecule has 1 N–H and O–H groups in total. The van der Waals surface area contributed by atoms with Crippen molar-refractivity contribution in [3.05, 3.63) is 53.9 Å². The Bertz CT molecular complexity index is 875. The highest BCUT2D eigenvalue weighted by Gasteiger charge is 2.30. The summed E-state index contributed by atoms with van der Waals surface area (Å²) in [5.74, 6) is -0.190. The van der Waals surface area contributed by atoms with Crippen LogP contribution in [0.15, 0.2) is 42.6 Å². The molecule has 160 valence electrons. The lowest BCUT2D eigenvalue weighted by Gasteiger charge is -2.31. The molecule has 1 aliphatic heterocycles. The zero-order valence-corrected chi connectivity index (χ0v) is 16.4. The lowest BCUT2D eigenvalue weighted by atomic mass is 9.92. The van der Waals surface area contributed by atoms with Crippen LogP contribution in [0.3, 0.4) is 0 Å². The molecule has 0 aliphatic carbocycles. The van der Waals surface area contributed by atoms with Crippen LogP contribution in [0.5, 0.6) is 0 Å². The minimum atomic E-state index is -4.36. The van der Waals surface area contributed by atoms with Crippen LogP contribution in [0.4, 0.5) is 18.0 Å². The van der Waals surface area contributed by atoms with E-state index in [1.165, 1.54) is 19.2 Å². The van der Waals surface area contributed by atoms with Crippen molar-refractivity contribution in [2.45, 2.75) is 24.9 Å². The number of halogens is 3. The average molecular weight is 421 g/mol. The maximum absolute atomic E-state index is 12.7. The number of pyridine rings is 1. The molecule has 1 saturated heterocycles. The molecule has 0 saturated carbocycles. The summed E-state index contributed by atoms with van der Waals surface area (Å²) in [4.78, 5) is 29.2. The van der Waals surface area contributed by atoms with E-state index in [0.717, 1.165) is 23.4 Å². The van der Waals surface area contributed by atoms with Crippen LogP contribution >= 0.6 is 0 Å². The van der Waals surface area contributed by atoms with Gasteiger partial charge in [-0.15, -0.1) is 0 Å². The quantitative estimate of drug-likeness (QED) is 0.815. The highest BCUT2D eigenvalue weighted by Crippen LogP contribution is 2.32. The Balaban J connectivity index is 1.56. The molecule has 2 aromatic rings. The molecule has 0 unspecified atom stereocenters. The predicted molar refractivity (Wildman–Crippen MR) is 104 cm³/mol. The normalized spacial score (nSPS) is 15.0. The monoisotopic (exact) mass is 421 g/mol. The van der Waals surface area contributed by atoms with Gasteiger partial charge in [0.05, 0.1) is 5.56 Å². The van der Waals surface area contributed by atoms with Crippen molar-refractivity contribution < 1.29 is 27.5 Å². The SMILES string of the molecule is CNC(=O)COC(=O)N1CCC(c2ccc(-c3ccc(C(F)(F)F)cc3)cn2)CC1. The van der Waals surface area contributed by atoms with Gasteiger partial charge in [0.1, 0.15) is 0 Å². The second-order valence-electron chi connectivity index (χ2n) is 7.04. The fourth-order valence-electron chi connectivity index (χ4n) is 3.32. The van der Waals surface area contributed by atoms with E-state index in [1.54, 1.807) is 11.1 Å². The lowest BCUT2D eigenvalue weighted by molar-refractivity contribution is -0.137. The minimum absolute atomic E-state index is 0.176. The van der Waals surface area contributed by atoms with Gasteiger partial charge in [-0.05, 0) is 36.6 Å². The van der Waals surface area contributed by atoms with Crippen LogP contribution in [-0.2, 0) is 15.7 Å². The van der Waals surface area contributed by atoms with Crippen molar-refractivity contribution in [1.29, 1.82) is 0 Å². The summed E-state index contributed by atoms with van der Waals surface area (Å²) in [5.41, 5.74) is 1.60. The van der Waals surface area contributed by atoms with E-state index in [-0.39, 0.29) is 18.4 Å². The van der Waals surface area contributed by atoms with E-state index in [1.807, 2.05) is 12.1 Å². The van der Waals surface area contributed by atoms with Gasteiger partial charge in [0.25, 0.3) is 5.91 Å². The van der Waals surface area contributed by atoms with E-state index in [0.29, 0.717) is 31.5 Å². The molecule has 2 amide bonds. The summed E-state index contributed by atoms with van der Waals surface area (Å²) < 4.78 is 43.0. The van der Waals surface area contributed by atoms with Gasteiger partial charge in [0, 0.05) is 43.5 Å². The largest absolute Gasteiger partial charge is 0.439 e. The Morgan fingerprint density at radius 3 is 2.27 bits per heavy atom. The molecule has 0 spiro atoms. The fourth-order valence-corrected chi connectivity index (χ4v) is 3.32. The van der Waals surface area contributed by atoms with Crippen LogP contribution in [0.25, 0.3) is 11.1 Å². The number of hydrogen-bond donors (Lipinski definition) is 1. The number of ether oxygens (including phenoxy) is 1. The van der Waals surface area contributed by atoms with Crippen LogP contribution in [-0.4, -0.2) is 48.6 Å². The van der Waals surface area contributed by atoms with E-state index < -0.39 is 17.8 Å². The molecule has 0 atom stereocenters. The first kappa shape index (κ1) is 21.6. The van der Waals surface area contributed by atoms with Gasteiger partial charge in [0.2, 0.25) is 0 Å². The summed E-state index contributed by atoms with van der Waals surface area (Å²) in [7, 11) is 1.47. The molecule has 30 heavy (non-hydrogen) atoms. The van der Waals surface area contributed by atoms with Gasteiger partial charge in [-0.3, -0.25) is 9.78 Å². The fraction of sp³-hybridized carbons (Fsp3) is 0.381. The number of carbonyl (C=O) groups is 2. The van der Waals surface area contributed by atoms with Crippen molar-refractivity contribution >= 4 is 12.0 Å². The third-order valence-electron chi connectivity index (χ3n) is 5.11. The first-order valence-corrected chi connectivity index (χ1v) is 9.54. The van der Waals surface area contributed by atoms with E-state index >= 15 is 0 Å². The number of hydrogen-bond acceptors (Lipinski definition) is 4. The van der Waals surface area contributed by atoms with Crippen molar-refractivity contribution in [2.24, 2.45) is 0 Å². The van der Waals surface area contributed by atoms with Gasteiger partial charge in [0.15, 0.2) is 6.61 Å². The molecular weight excluding hydrogens is 399 g/mol. The average Bonchev–Trinajstić information content (AvgIpc) is 2.77. The molecule has 3 rings (SSSR count). The van der Waals surface area contributed by atoms with E-state index in [4.69, 9.17) is 4.74 Å². The van der Waals surface area contributed by atoms with Gasteiger partial charge in [-0.2, -0.15) is 13.2 Å². The second kappa shape index (κ2) is 9.15. The van der Waals surface area contributed by atoms with E-state index in [9.17, 15) is 22.8 Å². The van der Waals surface area contributed by atoms with Gasteiger partial charge in [-0.25, -0.2) is 4.79 Å². The predicted octanol–water partition coefficient (Wildman–Crippen LogP) is 3.83. The Morgan fingerprint density at radius 2 is 1.73 bits per heavy atom. The molecule has 0 bridgehead atoms. The molecule has 9 heteroatoms. The number of likely N-dealkylation sites (tertiary alicyclic amines) is 1. The molecule has 6 nitrogen and oxygen atoms in total. The summed E-state index contributed by atoms with van der Waals surface area (Å²) >= 11 is 0. The van der Waals surface area contributed by atoms with Crippen molar-refractivity contribution in [3.63, 3.8) is 0 Å². The highest BCUT2D eigenvalue weighted by molar-refractivity contribution is 5.79. The molecule has 1 aromatic heterocycles. The zero-order valence-electron chi connectivity index (χ0n) is 16.4. The molecular formula is C21H22F3N3O3. The summed E-state index contributed by atoms with van der Waals surface area (Å²) in [5, 5.41) is 2.38. The Morgan fingerprint density at radius 1 is 1.10 bits per heavy atom. The number of nitrogens with zero attached hydrogens (tertiary/aromatic N) is 2. The Kier molecular flexibility index (Phi) is 6.59. The first-order chi connectivity index (χ1) is 14.3. The first-order valence-electron chi connectivity index (χ1n) is 9.54. The smallest absolute Gasteiger partial charge is 0.416 e. The van der Waals surface area contributed by atoms with Gasteiger partial charge < -0.3 is 15.0 Å². The number of rotatable bonds is 4. The Labute approximate surface area is 172 Å². The third-order valence-corrected chi connectivity index (χ3v) is 5.11. The van der Waals surface area contributed by atoms with Crippen molar-refractivity contribution in [1.82, 2.24) is 15.2 Å². The lowest BCUT2D eigenvalue weighted by Crippen LogP contribution is -2.39. The summed E-state index contributed by atoms with van der Waals surface area (Å²) in [6.45, 7) is 0.696. The minimum Gasteiger partial charge on any atom is -0.439 e. The number of benzene rings is 1. The topological polar surface area (TPSA) is 71.5 Å². The van der Waals surface area contributed by atoms with Crippen LogP contribution < -0.4 is 5.32 Å². The number of nitrogens with one attached hydrogen (secondary N) is 1. The van der Waals surface area contributed by atoms with Gasteiger partial charge >= 0.3 is 12.3 Å². The van der Waals surface area contributed by atoms with Crippen LogP contribution in [0, 0.1) is 0 Å². The molecule has 1 aliphatic rings. The highest BCUT2D eigenvalue weighted by atomic mass is 19.4. The standard InChI is InChI=1S/C21H22F3N3O3/c1-25-19(28)13-30-20(29)27-10-8-15(9-11-27)18-7-4-16(12-26-18)14-2-5-17(6-3-14)21(22,23)24/h2-7,12,15H,8-11,13H2,1H3,(H,25,28). The maximum atomic E-state index is 12.7.